The SMILES string of the molecule is O[C@H](CO[C@@H]1CCCc2ccccc21)C[NH+]1CC[NH+](Cc2ccc3c(c2)OCO3)CC1. The molecule has 6 heteroatoms. The number of aliphatic hydroxyl groups is 1. The van der Waals surface area contributed by atoms with E-state index in [1.807, 2.05) is 6.07 Å². The lowest BCUT2D eigenvalue weighted by Gasteiger charge is -2.31. The van der Waals surface area contributed by atoms with E-state index in [4.69, 9.17) is 14.2 Å². The number of fused-ring (bicyclic) bond motifs is 2. The highest BCUT2D eigenvalue weighted by Crippen LogP contribution is 2.33. The van der Waals surface area contributed by atoms with Gasteiger partial charge in [-0.1, -0.05) is 24.3 Å². The van der Waals surface area contributed by atoms with Gasteiger partial charge < -0.3 is 29.1 Å². The molecule has 3 N–H and O–H groups in total. The molecular weight excluding hydrogens is 392 g/mol. The molecule has 1 aliphatic carbocycles. The summed E-state index contributed by atoms with van der Waals surface area (Å²) in [5.74, 6) is 1.71. The summed E-state index contributed by atoms with van der Waals surface area (Å²) in [4.78, 5) is 3.07. The molecule has 2 heterocycles. The van der Waals surface area contributed by atoms with Gasteiger partial charge >= 0.3 is 0 Å². The van der Waals surface area contributed by atoms with Crippen molar-refractivity contribution >= 4 is 0 Å². The summed E-state index contributed by atoms with van der Waals surface area (Å²) >= 11 is 0. The molecule has 31 heavy (non-hydrogen) atoms. The second kappa shape index (κ2) is 9.57. The van der Waals surface area contributed by atoms with Gasteiger partial charge in [0.25, 0.3) is 0 Å². The molecule has 0 radical (unpaired) electrons. The summed E-state index contributed by atoms with van der Waals surface area (Å²) in [6.45, 7) is 6.94. The van der Waals surface area contributed by atoms with E-state index in [0.29, 0.717) is 13.4 Å². The van der Waals surface area contributed by atoms with Crippen LogP contribution in [-0.4, -0.2) is 57.3 Å². The lowest BCUT2D eigenvalue weighted by molar-refractivity contribution is -1.02. The van der Waals surface area contributed by atoms with Crippen molar-refractivity contribution in [1.29, 1.82) is 0 Å². The Kier molecular flexibility index (Phi) is 6.41. The van der Waals surface area contributed by atoms with Crippen LogP contribution in [0.3, 0.4) is 0 Å². The molecule has 2 aromatic carbocycles. The quantitative estimate of drug-likeness (QED) is 0.590. The van der Waals surface area contributed by atoms with E-state index in [1.165, 1.54) is 21.6 Å². The smallest absolute Gasteiger partial charge is 0.231 e. The van der Waals surface area contributed by atoms with Crippen molar-refractivity contribution in [1.82, 2.24) is 0 Å². The van der Waals surface area contributed by atoms with Gasteiger partial charge in [0, 0.05) is 5.56 Å². The molecule has 0 amide bonds. The number of aryl methyl sites for hydroxylation is 1. The van der Waals surface area contributed by atoms with Gasteiger partial charge in [0.05, 0.1) is 12.7 Å². The first kappa shape index (κ1) is 20.8. The summed E-state index contributed by atoms with van der Waals surface area (Å²) < 4.78 is 17.1. The molecule has 1 fully saturated rings. The van der Waals surface area contributed by atoms with E-state index in [1.54, 1.807) is 4.90 Å². The number of piperazine rings is 1. The van der Waals surface area contributed by atoms with Crippen molar-refractivity contribution in [2.75, 3.05) is 46.1 Å². The van der Waals surface area contributed by atoms with Crippen LogP contribution in [0.1, 0.15) is 35.6 Å². The molecule has 2 atom stereocenters. The minimum Gasteiger partial charge on any atom is -0.454 e. The highest BCUT2D eigenvalue weighted by molar-refractivity contribution is 5.44. The van der Waals surface area contributed by atoms with Gasteiger partial charge in [-0.3, -0.25) is 0 Å². The Hall–Kier alpha value is -2.12. The van der Waals surface area contributed by atoms with Crippen LogP contribution >= 0.6 is 0 Å². The number of aliphatic hydroxyl groups excluding tert-OH is 1. The predicted octanol–water partition coefficient (Wildman–Crippen LogP) is 0.154. The Morgan fingerprint density at radius 3 is 2.71 bits per heavy atom. The monoisotopic (exact) mass is 426 g/mol. The van der Waals surface area contributed by atoms with Crippen molar-refractivity contribution in [2.45, 2.75) is 38.0 Å². The maximum atomic E-state index is 10.6. The van der Waals surface area contributed by atoms with Crippen molar-refractivity contribution in [3.05, 3.63) is 59.2 Å². The number of rotatable bonds is 7. The standard InChI is InChI=1S/C25H32N2O4/c28-21(17-29-23-7-3-5-20-4-1-2-6-22(20)23)16-27-12-10-26(11-13-27)15-19-8-9-24-25(14-19)31-18-30-24/h1-2,4,6,8-9,14,21,23,28H,3,5,7,10-13,15-18H2/p+2/t21-,23+/m0/s1. The van der Waals surface area contributed by atoms with E-state index >= 15 is 0 Å². The largest absolute Gasteiger partial charge is 0.454 e. The lowest BCUT2D eigenvalue weighted by Crippen LogP contribution is -3.28. The second-order valence-electron chi connectivity index (χ2n) is 9.14. The van der Waals surface area contributed by atoms with E-state index < -0.39 is 6.10 Å². The van der Waals surface area contributed by atoms with Gasteiger partial charge in [-0.15, -0.1) is 0 Å². The van der Waals surface area contributed by atoms with Gasteiger partial charge in [-0.25, -0.2) is 0 Å². The third kappa shape index (κ3) is 5.04. The third-order valence-electron chi connectivity index (χ3n) is 6.88. The molecule has 1 saturated heterocycles. The van der Waals surface area contributed by atoms with Crippen molar-refractivity contribution in [2.24, 2.45) is 0 Å². The second-order valence-corrected chi connectivity index (χ2v) is 9.14. The summed E-state index contributed by atoms with van der Waals surface area (Å²) in [7, 11) is 0. The number of benzene rings is 2. The fourth-order valence-electron chi connectivity index (χ4n) is 5.18. The molecule has 5 rings (SSSR count). The predicted molar refractivity (Wildman–Crippen MR) is 117 cm³/mol. The Labute approximate surface area is 184 Å². The molecular formula is C25H34N2O4+2. The summed E-state index contributed by atoms with van der Waals surface area (Å²) in [5.41, 5.74) is 4.01. The minimum atomic E-state index is -0.403. The van der Waals surface area contributed by atoms with Gasteiger partial charge in [-0.05, 0) is 48.6 Å². The summed E-state index contributed by atoms with van der Waals surface area (Å²) in [6.07, 6.45) is 3.09. The van der Waals surface area contributed by atoms with E-state index in [-0.39, 0.29) is 6.10 Å². The maximum absolute atomic E-state index is 10.6. The molecule has 3 aliphatic rings. The van der Waals surface area contributed by atoms with Crippen LogP contribution in [0.15, 0.2) is 42.5 Å². The normalized spacial score (nSPS) is 25.8. The molecule has 0 spiro atoms. The van der Waals surface area contributed by atoms with Crippen LogP contribution < -0.4 is 19.3 Å². The van der Waals surface area contributed by atoms with Crippen LogP contribution in [-0.2, 0) is 17.7 Å². The first-order chi connectivity index (χ1) is 15.2. The van der Waals surface area contributed by atoms with Gasteiger partial charge in [0.2, 0.25) is 6.79 Å². The molecule has 2 aliphatic heterocycles. The van der Waals surface area contributed by atoms with Crippen molar-refractivity contribution in [3.63, 3.8) is 0 Å². The van der Waals surface area contributed by atoms with E-state index in [9.17, 15) is 5.11 Å². The summed E-state index contributed by atoms with van der Waals surface area (Å²) in [5, 5.41) is 10.6. The lowest BCUT2D eigenvalue weighted by atomic mass is 9.89. The number of ether oxygens (including phenoxy) is 3. The van der Waals surface area contributed by atoms with Crippen LogP contribution in [0.2, 0.25) is 0 Å². The number of quaternary nitrogens is 2. The zero-order valence-corrected chi connectivity index (χ0v) is 18.1. The van der Waals surface area contributed by atoms with Crippen molar-refractivity contribution < 1.29 is 29.1 Å². The molecule has 0 bridgehead atoms. The van der Waals surface area contributed by atoms with Crippen LogP contribution in [0.5, 0.6) is 11.5 Å². The number of hydrogen-bond donors (Lipinski definition) is 3. The maximum Gasteiger partial charge on any atom is 0.231 e. The fourth-order valence-corrected chi connectivity index (χ4v) is 5.18. The van der Waals surface area contributed by atoms with E-state index in [2.05, 4.69) is 36.4 Å². The molecule has 0 aromatic heterocycles. The molecule has 0 saturated carbocycles. The molecule has 0 unspecified atom stereocenters. The Morgan fingerprint density at radius 2 is 1.81 bits per heavy atom. The average Bonchev–Trinajstić information content (AvgIpc) is 3.27. The first-order valence-corrected chi connectivity index (χ1v) is 11.7. The van der Waals surface area contributed by atoms with Crippen LogP contribution in [0.25, 0.3) is 0 Å². The van der Waals surface area contributed by atoms with E-state index in [0.717, 1.165) is 70.0 Å². The zero-order chi connectivity index (χ0) is 21.0. The zero-order valence-electron chi connectivity index (χ0n) is 18.1. The van der Waals surface area contributed by atoms with Gasteiger partial charge in [-0.2, -0.15) is 0 Å². The highest BCUT2D eigenvalue weighted by atomic mass is 16.7. The minimum absolute atomic E-state index is 0.137. The average molecular weight is 427 g/mol. The summed E-state index contributed by atoms with van der Waals surface area (Å²) in [6, 6.07) is 14.8. The topological polar surface area (TPSA) is 56.8 Å². The van der Waals surface area contributed by atoms with Crippen molar-refractivity contribution in [3.8, 4) is 11.5 Å². The first-order valence-electron chi connectivity index (χ1n) is 11.7. The highest BCUT2D eigenvalue weighted by Gasteiger charge is 2.27. The Balaban J connectivity index is 1.05. The molecule has 166 valence electrons. The van der Waals surface area contributed by atoms with Gasteiger partial charge in [0.15, 0.2) is 11.5 Å². The fraction of sp³-hybridized carbons (Fsp3) is 0.520. The number of nitrogens with one attached hydrogen (secondary N) is 2. The Bertz CT molecular complexity index is 882. The molecule has 2 aromatic rings. The third-order valence-corrected chi connectivity index (χ3v) is 6.88. The number of hydrogen-bond acceptors (Lipinski definition) is 4. The van der Waals surface area contributed by atoms with Gasteiger partial charge in [0.1, 0.15) is 45.4 Å². The Morgan fingerprint density at radius 1 is 1.00 bits per heavy atom. The molecule has 6 nitrogen and oxygen atoms in total. The van der Waals surface area contributed by atoms with Crippen LogP contribution in [0.4, 0.5) is 0 Å². The van der Waals surface area contributed by atoms with Crippen LogP contribution in [0, 0.1) is 0 Å².